The molecule has 1 amide bonds. The Balaban J connectivity index is 2.09. The minimum atomic E-state index is -0.299. The standard InChI is InChI=1S/C17H16BrClN2O2/c1-2-9-23-16-8-7-13(19)10-12(16)11-20-21-17(22)14-5-3-4-6-15(14)18/h3-8,10-11H,2,9H2,1H3,(H,21,22)/b20-11+. The van der Waals surface area contributed by atoms with Gasteiger partial charge in [0.1, 0.15) is 5.75 Å². The molecule has 2 aromatic rings. The topological polar surface area (TPSA) is 50.7 Å². The van der Waals surface area contributed by atoms with E-state index in [0.717, 1.165) is 6.42 Å². The van der Waals surface area contributed by atoms with E-state index in [0.29, 0.717) is 33.0 Å². The van der Waals surface area contributed by atoms with Crippen LogP contribution in [0.25, 0.3) is 0 Å². The quantitative estimate of drug-likeness (QED) is 0.571. The summed E-state index contributed by atoms with van der Waals surface area (Å²) in [5.74, 6) is 0.377. The molecule has 0 radical (unpaired) electrons. The Labute approximate surface area is 148 Å². The largest absolute Gasteiger partial charge is 0.493 e. The first kappa shape index (κ1) is 17.5. The summed E-state index contributed by atoms with van der Waals surface area (Å²) in [7, 11) is 0. The molecule has 0 heterocycles. The van der Waals surface area contributed by atoms with Gasteiger partial charge in [-0.15, -0.1) is 0 Å². The second kappa shape index (κ2) is 8.70. The highest BCUT2D eigenvalue weighted by atomic mass is 79.9. The number of rotatable bonds is 6. The van der Waals surface area contributed by atoms with E-state index in [1.54, 1.807) is 36.4 Å². The Morgan fingerprint density at radius 2 is 2.13 bits per heavy atom. The average Bonchev–Trinajstić information content (AvgIpc) is 2.54. The molecule has 0 aliphatic carbocycles. The van der Waals surface area contributed by atoms with Crippen molar-refractivity contribution in [3.63, 3.8) is 0 Å². The molecule has 1 N–H and O–H groups in total. The van der Waals surface area contributed by atoms with Gasteiger partial charge in [0.25, 0.3) is 5.91 Å². The minimum Gasteiger partial charge on any atom is -0.493 e. The smallest absolute Gasteiger partial charge is 0.272 e. The van der Waals surface area contributed by atoms with Gasteiger partial charge in [-0.1, -0.05) is 30.7 Å². The van der Waals surface area contributed by atoms with Crippen molar-refractivity contribution >= 4 is 39.7 Å². The lowest BCUT2D eigenvalue weighted by atomic mass is 10.2. The van der Waals surface area contributed by atoms with Gasteiger partial charge < -0.3 is 4.74 Å². The molecule has 120 valence electrons. The molecule has 2 aromatic carbocycles. The second-order valence-corrected chi connectivity index (χ2v) is 6.00. The Bertz CT molecular complexity index is 719. The van der Waals surface area contributed by atoms with Crippen molar-refractivity contribution < 1.29 is 9.53 Å². The first-order valence-electron chi connectivity index (χ1n) is 7.12. The second-order valence-electron chi connectivity index (χ2n) is 4.71. The van der Waals surface area contributed by atoms with Crippen LogP contribution in [0.5, 0.6) is 5.75 Å². The highest BCUT2D eigenvalue weighted by Gasteiger charge is 2.08. The lowest BCUT2D eigenvalue weighted by Gasteiger charge is -2.08. The Morgan fingerprint density at radius 3 is 2.87 bits per heavy atom. The number of nitrogens with one attached hydrogen (secondary N) is 1. The van der Waals surface area contributed by atoms with E-state index in [1.807, 2.05) is 13.0 Å². The van der Waals surface area contributed by atoms with Gasteiger partial charge in [-0.3, -0.25) is 4.79 Å². The fourth-order valence-corrected chi connectivity index (χ4v) is 2.48. The number of amides is 1. The average molecular weight is 396 g/mol. The molecule has 0 fully saturated rings. The van der Waals surface area contributed by atoms with Crippen LogP contribution in [0.4, 0.5) is 0 Å². The number of hydrogen-bond donors (Lipinski definition) is 1. The molecule has 0 spiro atoms. The third-order valence-electron chi connectivity index (χ3n) is 2.92. The maximum atomic E-state index is 12.1. The molecule has 0 bridgehead atoms. The van der Waals surface area contributed by atoms with Gasteiger partial charge in [-0.05, 0) is 52.7 Å². The van der Waals surface area contributed by atoms with Crippen LogP contribution in [0.3, 0.4) is 0 Å². The molecule has 23 heavy (non-hydrogen) atoms. The van der Waals surface area contributed by atoms with Crippen LogP contribution in [0, 0.1) is 0 Å². The molecule has 0 saturated heterocycles. The van der Waals surface area contributed by atoms with Crippen LogP contribution < -0.4 is 10.2 Å². The van der Waals surface area contributed by atoms with E-state index in [9.17, 15) is 4.79 Å². The van der Waals surface area contributed by atoms with Crippen LogP contribution in [-0.2, 0) is 0 Å². The summed E-state index contributed by atoms with van der Waals surface area (Å²) in [5, 5.41) is 4.56. The molecular weight excluding hydrogens is 380 g/mol. The van der Waals surface area contributed by atoms with Crippen molar-refractivity contribution in [2.45, 2.75) is 13.3 Å². The number of carbonyl (C=O) groups is 1. The number of ether oxygens (including phenoxy) is 1. The molecule has 4 nitrogen and oxygen atoms in total. The predicted molar refractivity (Wildman–Crippen MR) is 96.4 cm³/mol. The summed E-state index contributed by atoms with van der Waals surface area (Å²) in [6.45, 7) is 2.63. The number of nitrogens with zero attached hydrogens (tertiary/aromatic N) is 1. The first-order valence-corrected chi connectivity index (χ1v) is 8.29. The molecule has 0 aliphatic rings. The molecule has 2 rings (SSSR count). The lowest BCUT2D eigenvalue weighted by Crippen LogP contribution is -2.18. The Kier molecular flexibility index (Phi) is 6.62. The van der Waals surface area contributed by atoms with Gasteiger partial charge in [0.2, 0.25) is 0 Å². The van der Waals surface area contributed by atoms with Crippen LogP contribution in [0.15, 0.2) is 52.0 Å². The van der Waals surface area contributed by atoms with Crippen molar-refractivity contribution in [3.8, 4) is 5.75 Å². The number of hydrogen-bond acceptors (Lipinski definition) is 3. The molecule has 0 atom stereocenters. The third kappa shape index (κ3) is 5.08. The summed E-state index contributed by atoms with van der Waals surface area (Å²) in [6, 6.07) is 12.4. The van der Waals surface area contributed by atoms with E-state index < -0.39 is 0 Å². The number of hydrazone groups is 1. The van der Waals surface area contributed by atoms with Crippen molar-refractivity contribution in [2.24, 2.45) is 5.10 Å². The van der Waals surface area contributed by atoms with E-state index in [2.05, 4.69) is 26.5 Å². The summed E-state index contributed by atoms with van der Waals surface area (Å²) in [5.41, 5.74) is 3.71. The summed E-state index contributed by atoms with van der Waals surface area (Å²) < 4.78 is 6.34. The normalized spacial score (nSPS) is 10.7. The molecule has 6 heteroatoms. The first-order chi connectivity index (χ1) is 11.1. The molecule has 0 aromatic heterocycles. The maximum absolute atomic E-state index is 12.1. The molecule has 0 unspecified atom stereocenters. The molecule has 0 saturated carbocycles. The van der Waals surface area contributed by atoms with Gasteiger partial charge in [0.05, 0.1) is 18.4 Å². The summed E-state index contributed by atoms with van der Waals surface area (Å²) in [6.07, 6.45) is 2.42. The minimum absolute atomic E-state index is 0.299. The maximum Gasteiger partial charge on any atom is 0.272 e. The van der Waals surface area contributed by atoms with E-state index in [4.69, 9.17) is 16.3 Å². The summed E-state index contributed by atoms with van der Waals surface area (Å²) in [4.78, 5) is 12.1. The van der Waals surface area contributed by atoms with Crippen LogP contribution in [0.2, 0.25) is 5.02 Å². The van der Waals surface area contributed by atoms with E-state index in [-0.39, 0.29) is 5.91 Å². The van der Waals surface area contributed by atoms with E-state index in [1.165, 1.54) is 6.21 Å². The fourth-order valence-electron chi connectivity index (χ4n) is 1.83. The molecule has 0 aliphatic heterocycles. The fraction of sp³-hybridized carbons (Fsp3) is 0.176. The van der Waals surface area contributed by atoms with Gasteiger partial charge in [-0.25, -0.2) is 5.43 Å². The van der Waals surface area contributed by atoms with E-state index >= 15 is 0 Å². The molecular formula is C17H16BrClN2O2. The van der Waals surface area contributed by atoms with Gasteiger partial charge >= 0.3 is 0 Å². The zero-order chi connectivity index (χ0) is 16.7. The van der Waals surface area contributed by atoms with Crippen LogP contribution in [0.1, 0.15) is 29.3 Å². The number of carbonyl (C=O) groups excluding carboxylic acids is 1. The zero-order valence-corrected chi connectivity index (χ0v) is 14.9. The van der Waals surface area contributed by atoms with Crippen LogP contribution >= 0.6 is 27.5 Å². The van der Waals surface area contributed by atoms with Gasteiger partial charge in [0, 0.05) is 15.1 Å². The van der Waals surface area contributed by atoms with Gasteiger partial charge in [-0.2, -0.15) is 5.10 Å². The Hall–Kier alpha value is -1.85. The van der Waals surface area contributed by atoms with Gasteiger partial charge in [0.15, 0.2) is 0 Å². The number of benzene rings is 2. The van der Waals surface area contributed by atoms with Crippen LogP contribution in [-0.4, -0.2) is 18.7 Å². The van der Waals surface area contributed by atoms with Crippen molar-refractivity contribution in [1.29, 1.82) is 0 Å². The lowest BCUT2D eigenvalue weighted by molar-refractivity contribution is 0.0954. The van der Waals surface area contributed by atoms with Crippen molar-refractivity contribution in [2.75, 3.05) is 6.61 Å². The third-order valence-corrected chi connectivity index (χ3v) is 3.85. The van der Waals surface area contributed by atoms with Crippen molar-refractivity contribution in [3.05, 3.63) is 63.1 Å². The zero-order valence-electron chi connectivity index (χ0n) is 12.6. The highest BCUT2D eigenvalue weighted by Crippen LogP contribution is 2.21. The van der Waals surface area contributed by atoms with Crippen molar-refractivity contribution in [1.82, 2.24) is 5.43 Å². The monoisotopic (exact) mass is 394 g/mol. The number of halogens is 2. The predicted octanol–water partition coefficient (Wildman–Crippen LogP) is 4.66. The highest BCUT2D eigenvalue weighted by molar-refractivity contribution is 9.10. The SMILES string of the molecule is CCCOc1ccc(Cl)cc1/C=N/NC(=O)c1ccccc1Br. The Morgan fingerprint density at radius 1 is 1.35 bits per heavy atom. The summed E-state index contributed by atoms with van der Waals surface area (Å²) >= 11 is 9.33.